The second-order valence-electron chi connectivity index (χ2n) is 3.98. The molecule has 7 heteroatoms. The van der Waals surface area contributed by atoms with Crippen LogP contribution in [-0.4, -0.2) is 17.4 Å². The van der Waals surface area contributed by atoms with Crippen molar-refractivity contribution in [3.8, 4) is 0 Å². The highest BCUT2D eigenvalue weighted by Gasteiger charge is 2.19. The van der Waals surface area contributed by atoms with E-state index in [-0.39, 0.29) is 21.6 Å². The number of nitro benzene ring substituents is 1. The summed E-state index contributed by atoms with van der Waals surface area (Å²) in [6, 6.07) is 7.93. The number of hydrogen-bond donors (Lipinski definition) is 1. The van der Waals surface area contributed by atoms with Crippen LogP contribution < -0.4 is 5.32 Å². The highest BCUT2D eigenvalue weighted by molar-refractivity contribution is 9.10. The smallest absolute Gasteiger partial charge is 0.284 e. The van der Waals surface area contributed by atoms with Crippen molar-refractivity contribution in [1.29, 1.82) is 0 Å². The summed E-state index contributed by atoms with van der Waals surface area (Å²) in [5.74, 6) is 0.399. The molecule has 0 spiro atoms. The molecule has 0 radical (unpaired) electrons. The fourth-order valence-corrected chi connectivity index (χ4v) is 2.27. The summed E-state index contributed by atoms with van der Waals surface area (Å²) in [6.45, 7) is 0.390. The highest BCUT2D eigenvalue weighted by atomic mass is 79.9. The molecule has 1 aromatic carbocycles. The van der Waals surface area contributed by atoms with Gasteiger partial charge >= 0.3 is 0 Å². The summed E-state index contributed by atoms with van der Waals surface area (Å²) >= 11 is 3.09. The summed E-state index contributed by atoms with van der Waals surface area (Å²) in [6.07, 6.45) is 2.12. The fourth-order valence-electron chi connectivity index (χ4n) is 1.69. The standard InChI is InChI=1S/C13H11BrN2O4/c14-12-10(4-1-5-11(12)16(18)19)13(17)15-7-6-9-3-2-8-20-9/h1-5,8H,6-7H2,(H,15,17). The lowest BCUT2D eigenvalue weighted by Gasteiger charge is -2.06. The number of nitrogens with one attached hydrogen (secondary N) is 1. The van der Waals surface area contributed by atoms with E-state index in [1.807, 2.05) is 6.07 Å². The maximum Gasteiger partial charge on any atom is 0.284 e. The number of hydrogen-bond acceptors (Lipinski definition) is 4. The summed E-state index contributed by atoms with van der Waals surface area (Å²) in [5, 5.41) is 13.5. The number of nitrogens with zero attached hydrogens (tertiary/aromatic N) is 1. The maximum atomic E-state index is 12.0. The van der Waals surface area contributed by atoms with Gasteiger partial charge in [0.1, 0.15) is 10.2 Å². The largest absolute Gasteiger partial charge is 0.469 e. The van der Waals surface area contributed by atoms with Crippen LogP contribution in [0.2, 0.25) is 0 Å². The Balaban J connectivity index is 2.02. The van der Waals surface area contributed by atoms with Crippen LogP contribution in [-0.2, 0) is 6.42 Å². The van der Waals surface area contributed by atoms with Gasteiger partial charge in [0.2, 0.25) is 0 Å². The Morgan fingerprint density at radius 2 is 2.15 bits per heavy atom. The zero-order valence-corrected chi connectivity index (χ0v) is 11.9. The third-order valence-corrected chi connectivity index (χ3v) is 3.49. The highest BCUT2D eigenvalue weighted by Crippen LogP contribution is 2.28. The predicted molar refractivity (Wildman–Crippen MR) is 75.5 cm³/mol. The third kappa shape index (κ3) is 3.24. The van der Waals surface area contributed by atoms with E-state index in [1.54, 1.807) is 12.3 Å². The first-order chi connectivity index (χ1) is 9.59. The van der Waals surface area contributed by atoms with Crippen molar-refractivity contribution in [2.24, 2.45) is 0 Å². The van der Waals surface area contributed by atoms with Gasteiger partial charge in [-0.05, 0) is 34.1 Å². The molecule has 0 fully saturated rings. The molecule has 0 bridgehead atoms. The molecule has 2 rings (SSSR count). The van der Waals surface area contributed by atoms with Crippen molar-refractivity contribution in [1.82, 2.24) is 5.32 Å². The molecule has 0 aliphatic heterocycles. The average Bonchev–Trinajstić information content (AvgIpc) is 2.91. The lowest BCUT2D eigenvalue weighted by molar-refractivity contribution is -0.385. The van der Waals surface area contributed by atoms with Gasteiger partial charge in [0.15, 0.2) is 0 Å². The van der Waals surface area contributed by atoms with Crippen molar-refractivity contribution < 1.29 is 14.1 Å². The van der Waals surface area contributed by atoms with Crippen molar-refractivity contribution in [2.75, 3.05) is 6.54 Å². The molecule has 0 aliphatic carbocycles. The molecule has 1 N–H and O–H groups in total. The molecule has 6 nitrogen and oxygen atoms in total. The molecular weight excluding hydrogens is 328 g/mol. The topological polar surface area (TPSA) is 85.4 Å². The van der Waals surface area contributed by atoms with E-state index >= 15 is 0 Å². The van der Waals surface area contributed by atoms with Gasteiger partial charge in [0.25, 0.3) is 11.6 Å². The number of amides is 1. The van der Waals surface area contributed by atoms with Crippen LogP contribution >= 0.6 is 15.9 Å². The van der Waals surface area contributed by atoms with Crippen LogP contribution in [0.5, 0.6) is 0 Å². The Labute approximate surface area is 123 Å². The second kappa shape index (κ2) is 6.33. The van der Waals surface area contributed by atoms with Crippen LogP contribution in [0.1, 0.15) is 16.1 Å². The van der Waals surface area contributed by atoms with Crippen LogP contribution in [0.4, 0.5) is 5.69 Å². The van der Waals surface area contributed by atoms with Gasteiger partial charge in [-0.1, -0.05) is 6.07 Å². The number of carbonyl (C=O) groups is 1. The van der Waals surface area contributed by atoms with E-state index in [2.05, 4.69) is 21.2 Å². The molecule has 1 heterocycles. The molecule has 1 aromatic heterocycles. The molecular formula is C13H11BrN2O4. The van der Waals surface area contributed by atoms with E-state index in [9.17, 15) is 14.9 Å². The number of benzene rings is 1. The SMILES string of the molecule is O=C(NCCc1ccco1)c1cccc([N+](=O)[O-])c1Br. The molecule has 1 amide bonds. The monoisotopic (exact) mass is 338 g/mol. The zero-order valence-electron chi connectivity index (χ0n) is 10.3. The van der Waals surface area contributed by atoms with Gasteiger partial charge in [0, 0.05) is 19.0 Å². The quantitative estimate of drug-likeness (QED) is 0.670. The Bertz CT molecular complexity index is 625. The summed E-state index contributed by atoms with van der Waals surface area (Å²) in [4.78, 5) is 22.2. The molecule has 2 aromatic rings. The zero-order chi connectivity index (χ0) is 14.5. The van der Waals surface area contributed by atoms with Gasteiger partial charge < -0.3 is 9.73 Å². The van der Waals surface area contributed by atoms with Gasteiger partial charge in [-0.25, -0.2) is 0 Å². The summed E-state index contributed by atoms with van der Waals surface area (Å²) in [7, 11) is 0. The molecule has 0 unspecified atom stereocenters. The molecule has 0 saturated carbocycles. The minimum Gasteiger partial charge on any atom is -0.469 e. The Morgan fingerprint density at radius 1 is 1.35 bits per heavy atom. The van der Waals surface area contributed by atoms with Crippen LogP contribution in [0.3, 0.4) is 0 Å². The first-order valence-electron chi connectivity index (χ1n) is 5.83. The molecule has 104 valence electrons. The predicted octanol–water partition coefficient (Wildman–Crippen LogP) is 2.92. The number of rotatable bonds is 5. The van der Waals surface area contributed by atoms with Crippen LogP contribution in [0.15, 0.2) is 45.5 Å². The van der Waals surface area contributed by atoms with Gasteiger partial charge in [-0.15, -0.1) is 0 Å². The van der Waals surface area contributed by atoms with Crippen molar-refractivity contribution in [3.63, 3.8) is 0 Å². The number of halogens is 1. The van der Waals surface area contributed by atoms with Crippen LogP contribution in [0.25, 0.3) is 0 Å². The third-order valence-electron chi connectivity index (χ3n) is 2.66. The maximum absolute atomic E-state index is 12.0. The average molecular weight is 339 g/mol. The minimum atomic E-state index is -0.538. The first kappa shape index (κ1) is 14.3. The Morgan fingerprint density at radius 3 is 2.80 bits per heavy atom. The van der Waals surface area contributed by atoms with Crippen LogP contribution in [0, 0.1) is 10.1 Å². The number of furan rings is 1. The van der Waals surface area contributed by atoms with Crippen molar-refractivity contribution in [2.45, 2.75) is 6.42 Å². The molecule has 0 aliphatic rings. The van der Waals surface area contributed by atoms with E-state index in [0.29, 0.717) is 13.0 Å². The van der Waals surface area contributed by atoms with Crippen molar-refractivity contribution >= 4 is 27.5 Å². The molecule has 0 saturated heterocycles. The van der Waals surface area contributed by atoms with Gasteiger partial charge in [0.05, 0.1) is 16.7 Å². The molecule has 0 atom stereocenters. The second-order valence-corrected chi connectivity index (χ2v) is 4.77. The van der Waals surface area contributed by atoms with E-state index in [4.69, 9.17) is 4.42 Å². The minimum absolute atomic E-state index is 0.135. The van der Waals surface area contributed by atoms with E-state index in [1.165, 1.54) is 18.2 Å². The number of carbonyl (C=O) groups excluding carboxylic acids is 1. The summed E-state index contributed by atoms with van der Waals surface area (Å²) < 4.78 is 5.33. The normalized spacial score (nSPS) is 10.2. The lowest BCUT2D eigenvalue weighted by atomic mass is 10.2. The van der Waals surface area contributed by atoms with Gasteiger partial charge in [-0.3, -0.25) is 14.9 Å². The summed E-state index contributed by atoms with van der Waals surface area (Å²) in [5.41, 5.74) is 0.0994. The van der Waals surface area contributed by atoms with Crippen molar-refractivity contribution in [3.05, 3.63) is 62.5 Å². The first-order valence-corrected chi connectivity index (χ1v) is 6.62. The Hall–Kier alpha value is -2.15. The molecule has 20 heavy (non-hydrogen) atoms. The van der Waals surface area contributed by atoms with E-state index < -0.39 is 4.92 Å². The Kier molecular flexibility index (Phi) is 4.52. The number of nitro groups is 1. The lowest BCUT2D eigenvalue weighted by Crippen LogP contribution is -2.26. The fraction of sp³-hybridized carbons (Fsp3) is 0.154. The van der Waals surface area contributed by atoms with Gasteiger partial charge in [-0.2, -0.15) is 0 Å². The van der Waals surface area contributed by atoms with E-state index in [0.717, 1.165) is 5.76 Å².